The number of hydrogen-bond donors (Lipinski definition) is 2. The predicted octanol–water partition coefficient (Wildman–Crippen LogP) is 2.37. The van der Waals surface area contributed by atoms with Gasteiger partial charge in [0.2, 0.25) is 11.8 Å². The number of primary amides is 1. The summed E-state index contributed by atoms with van der Waals surface area (Å²) in [6.07, 6.45) is 1.67. The van der Waals surface area contributed by atoms with Crippen LogP contribution in [0.4, 0.5) is 0 Å². The number of carbonyl (C=O) groups excluding carboxylic acids is 1. The summed E-state index contributed by atoms with van der Waals surface area (Å²) in [6, 6.07) is 7.19. The van der Waals surface area contributed by atoms with Crippen LogP contribution in [0.15, 0.2) is 35.4 Å². The lowest BCUT2D eigenvalue weighted by atomic mass is 10.1. The Balaban J connectivity index is 2.25. The number of amides is 1. The Labute approximate surface area is 127 Å². The molecule has 2 N–H and O–H groups in total. The SMILES string of the molecule is CCSc1cccc(C(N)=O)c1COc1ccn(S)n1. The molecule has 2 aromatic rings. The molecule has 1 heterocycles. The quantitative estimate of drug-likeness (QED) is 0.635. The van der Waals surface area contributed by atoms with Crippen molar-refractivity contribution in [3.8, 4) is 5.88 Å². The van der Waals surface area contributed by atoms with E-state index in [1.807, 2.05) is 12.1 Å². The van der Waals surface area contributed by atoms with E-state index in [2.05, 4.69) is 24.8 Å². The van der Waals surface area contributed by atoms with Crippen molar-refractivity contribution in [2.24, 2.45) is 5.73 Å². The van der Waals surface area contributed by atoms with Crippen LogP contribution < -0.4 is 10.5 Å². The topological polar surface area (TPSA) is 70.1 Å². The van der Waals surface area contributed by atoms with Gasteiger partial charge in [-0.1, -0.05) is 13.0 Å². The fourth-order valence-electron chi connectivity index (χ4n) is 1.76. The zero-order valence-corrected chi connectivity index (χ0v) is 12.7. The van der Waals surface area contributed by atoms with Crippen LogP contribution in [-0.4, -0.2) is 20.8 Å². The third-order valence-electron chi connectivity index (χ3n) is 2.61. The van der Waals surface area contributed by atoms with Gasteiger partial charge < -0.3 is 10.5 Å². The fraction of sp³-hybridized carbons (Fsp3) is 0.231. The van der Waals surface area contributed by atoms with Gasteiger partial charge in [-0.2, -0.15) is 0 Å². The normalized spacial score (nSPS) is 10.5. The van der Waals surface area contributed by atoms with Crippen molar-refractivity contribution in [3.63, 3.8) is 0 Å². The van der Waals surface area contributed by atoms with Crippen molar-refractivity contribution in [3.05, 3.63) is 41.6 Å². The number of nitrogens with zero attached hydrogens (tertiary/aromatic N) is 2. The maximum absolute atomic E-state index is 11.5. The average molecular weight is 309 g/mol. The summed E-state index contributed by atoms with van der Waals surface area (Å²) in [5, 5.41) is 4.01. The molecule has 0 atom stereocenters. The zero-order valence-electron chi connectivity index (χ0n) is 10.9. The van der Waals surface area contributed by atoms with Gasteiger partial charge in [0.1, 0.15) is 6.61 Å². The molecular formula is C13H15N3O2S2. The van der Waals surface area contributed by atoms with Crippen molar-refractivity contribution >= 4 is 30.5 Å². The molecule has 0 bridgehead atoms. The predicted molar refractivity (Wildman–Crippen MR) is 82.3 cm³/mol. The highest BCUT2D eigenvalue weighted by molar-refractivity contribution is 7.99. The Kier molecular flexibility index (Phi) is 4.97. The Hall–Kier alpha value is -1.60. The molecule has 0 spiro atoms. The average Bonchev–Trinajstić information content (AvgIpc) is 2.83. The van der Waals surface area contributed by atoms with Gasteiger partial charge in [0.05, 0.1) is 0 Å². The Bertz CT molecular complexity index is 613. The Morgan fingerprint density at radius 3 is 2.90 bits per heavy atom. The Morgan fingerprint density at radius 1 is 1.50 bits per heavy atom. The van der Waals surface area contributed by atoms with Crippen molar-refractivity contribution in [1.29, 1.82) is 0 Å². The first-order chi connectivity index (χ1) is 9.61. The van der Waals surface area contributed by atoms with Crippen molar-refractivity contribution in [1.82, 2.24) is 9.19 Å². The van der Waals surface area contributed by atoms with Crippen molar-refractivity contribution in [2.45, 2.75) is 18.4 Å². The third kappa shape index (κ3) is 3.49. The highest BCUT2D eigenvalue weighted by Gasteiger charge is 2.13. The molecule has 0 unspecified atom stereocenters. The van der Waals surface area contributed by atoms with Gasteiger partial charge >= 0.3 is 0 Å². The van der Waals surface area contributed by atoms with Gasteiger partial charge in [0.25, 0.3) is 0 Å². The van der Waals surface area contributed by atoms with Gasteiger partial charge in [0.15, 0.2) is 0 Å². The van der Waals surface area contributed by atoms with E-state index < -0.39 is 5.91 Å². The van der Waals surface area contributed by atoms with Crippen LogP contribution in [0.25, 0.3) is 0 Å². The minimum atomic E-state index is -0.457. The third-order valence-corrected chi connectivity index (χ3v) is 3.82. The number of thioether (sulfide) groups is 1. The van der Waals surface area contributed by atoms with E-state index in [1.54, 1.807) is 30.1 Å². The molecular weight excluding hydrogens is 294 g/mol. The number of hydrogen-bond acceptors (Lipinski definition) is 5. The largest absolute Gasteiger partial charge is 0.472 e. The van der Waals surface area contributed by atoms with Crippen LogP contribution in [0, 0.1) is 0 Å². The number of ether oxygens (including phenoxy) is 1. The zero-order chi connectivity index (χ0) is 14.5. The Morgan fingerprint density at radius 2 is 2.30 bits per heavy atom. The van der Waals surface area contributed by atoms with Gasteiger partial charge in [0, 0.05) is 28.3 Å². The molecule has 0 radical (unpaired) electrons. The lowest BCUT2D eigenvalue weighted by molar-refractivity contribution is 0.0997. The first-order valence-electron chi connectivity index (χ1n) is 6.04. The molecule has 1 aromatic carbocycles. The molecule has 2 rings (SSSR count). The molecule has 1 amide bonds. The van der Waals surface area contributed by atoms with Crippen LogP contribution >= 0.6 is 24.6 Å². The maximum Gasteiger partial charge on any atom is 0.249 e. The summed E-state index contributed by atoms with van der Waals surface area (Å²) in [5.74, 6) is 0.897. The summed E-state index contributed by atoms with van der Waals surface area (Å²) in [4.78, 5) is 12.5. The molecule has 7 heteroatoms. The van der Waals surface area contributed by atoms with Crippen LogP contribution in [0.3, 0.4) is 0 Å². The smallest absolute Gasteiger partial charge is 0.249 e. The fourth-order valence-corrected chi connectivity index (χ4v) is 2.74. The van der Waals surface area contributed by atoms with E-state index in [-0.39, 0.29) is 6.61 Å². The number of aromatic nitrogens is 2. The van der Waals surface area contributed by atoms with Gasteiger partial charge in [-0.3, -0.25) is 4.79 Å². The lowest BCUT2D eigenvalue weighted by Gasteiger charge is -2.12. The van der Waals surface area contributed by atoms with Gasteiger partial charge in [-0.25, -0.2) is 4.09 Å². The summed E-state index contributed by atoms with van der Waals surface area (Å²) < 4.78 is 6.95. The van der Waals surface area contributed by atoms with E-state index in [4.69, 9.17) is 10.5 Å². The number of nitrogens with two attached hydrogens (primary N) is 1. The van der Waals surface area contributed by atoms with Gasteiger partial charge in [-0.05, 0) is 30.7 Å². The summed E-state index contributed by atoms with van der Waals surface area (Å²) in [5.41, 5.74) is 6.69. The molecule has 20 heavy (non-hydrogen) atoms. The molecule has 106 valence electrons. The molecule has 5 nitrogen and oxygen atoms in total. The van der Waals surface area contributed by atoms with E-state index in [9.17, 15) is 4.79 Å². The maximum atomic E-state index is 11.5. The highest BCUT2D eigenvalue weighted by Crippen LogP contribution is 2.26. The molecule has 0 saturated heterocycles. The minimum absolute atomic E-state index is 0.242. The van der Waals surface area contributed by atoms with E-state index >= 15 is 0 Å². The number of benzene rings is 1. The molecule has 0 saturated carbocycles. The van der Waals surface area contributed by atoms with Crippen molar-refractivity contribution in [2.75, 3.05) is 5.75 Å². The van der Waals surface area contributed by atoms with Crippen LogP contribution in [-0.2, 0) is 6.61 Å². The molecule has 1 aromatic heterocycles. The minimum Gasteiger partial charge on any atom is -0.472 e. The number of carbonyl (C=O) groups is 1. The van der Waals surface area contributed by atoms with E-state index in [0.29, 0.717) is 11.4 Å². The highest BCUT2D eigenvalue weighted by atomic mass is 32.2. The van der Waals surface area contributed by atoms with Crippen LogP contribution in [0.2, 0.25) is 0 Å². The van der Waals surface area contributed by atoms with E-state index in [1.165, 1.54) is 4.09 Å². The second-order valence-electron chi connectivity index (χ2n) is 3.94. The van der Waals surface area contributed by atoms with E-state index in [0.717, 1.165) is 16.2 Å². The number of rotatable bonds is 6. The van der Waals surface area contributed by atoms with Gasteiger partial charge in [-0.15, -0.1) is 16.9 Å². The number of thiol groups is 1. The molecule has 0 fully saturated rings. The standard InChI is InChI=1S/C13H15N3O2S2/c1-2-20-11-5-3-4-9(13(14)17)10(11)8-18-12-6-7-16(19)15-12/h3-7,19H,2,8H2,1H3,(H2,14,17). The lowest BCUT2D eigenvalue weighted by Crippen LogP contribution is -2.15. The molecule has 0 aliphatic heterocycles. The summed E-state index contributed by atoms with van der Waals surface area (Å²) in [7, 11) is 0. The monoisotopic (exact) mass is 309 g/mol. The first kappa shape index (κ1) is 14.8. The molecule has 0 aliphatic rings. The molecule has 0 aliphatic carbocycles. The summed E-state index contributed by atoms with van der Waals surface area (Å²) >= 11 is 5.68. The van der Waals surface area contributed by atoms with Crippen LogP contribution in [0.5, 0.6) is 5.88 Å². The van der Waals surface area contributed by atoms with Crippen molar-refractivity contribution < 1.29 is 9.53 Å². The second kappa shape index (κ2) is 6.71. The first-order valence-corrected chi connectivity index (χ1v) is 7.42. The second-order valence-corrected chi connectivity index (χ2v) is 5.66. The van der Waals surface area contributed by atoms with Crippen LogP contribution in [0.1, 0.15) is 22.8 Å². The summed E-state index contributed by atoms with van der Waals surface area (Å²) in [6.45, 7) is 2.29.